The number of fused-ring (bicyclic) bond motifs is 2. The van der Waals surface area contributed by atoms with Crippen LogP contribution in [0.4, 0.5) is 5.69 Å². The third kappa shape index (κ3) is 13.6. The molecule has 0 radical (unpaired) electrons. The molecule has 4 aromatic carbocycles. The van der Waals surface area contributed by atoms with Gasteiger partial charge in [0.25, 0.3) is 0 Å². The lowest BCUT2D eigenvalue weighted by Crippen LogP contribution is -2.29. The Morgan fingerprint density at radius 3 is 1.47 bits per heavy atom. The van der Waals surface area contributed by atoms with Crippen molar-refractivity contribution in [3.63, 3.8) is 0 Å². The molecule has 0 unspecified atom stereocenters. The molecule has 0 spiro atoms. The predicted molar refractivity (Wildman–Crippen MR) is 189 cm³/mol. The molecule has 5 N–H and O–H groups in total. The highest BCUT2D eigenvalue weighted by Crippen LogP contribution is 2.20. The Morgan fingerprint density at radius 1 is 0.558 bits per heavy atom. The van der Waals surface area contributed by atoms with E-state index >= 15 is 0 Å². The third-order valence-electron chi connectivity index (χ3n) is 5.53. The van der Waals surface area contributed by atoms with Gasteiger partial charge in [-0.15, -0.1) is 0 Å². The van der Waals surface area contributed by atoms with Crippen LogP contribution >= 0.6 is 0 Å². The third-order valence-corrected chi connectivity index (χ3v) is 5.53. The summed E-state index contributed by atoms with van der Waals surface area (Å²) in [6, 6.07) is 35.2. The topological polar surface area (TPSA) is 103 Å². The Balaban J connectivity index is 0.000000572. The number of anilines is 1. The van der Waals surface area contributed by atoms with E-state index in [0.717, 1.165) is 30.2 Å². The van der Waals surface area contributed by atoms with E-state index in [9.17, 15) is 0 Å². The summed E-state index contributed by atoms with van der Waals surface area (Å²) in [5, 5.41) is 20.5. The Morgan fingerprint density at radius 2 is 0.977 bits per heavy atom. The van der Waals surface area contributed by atoms with Crippen molar-refractivity contribution in [1.29, 1.82) is 0 Å². The zero-order valence-corrected chi connectivity index (χ0v) is 27.3. The number of nitrogens with one attached hydrogen (secondary N) is 1. The first-order valence-electron chi connectivity index (χ1n) is 15.4. The van der Waals surface area contributed by atoms with Crippen LogP contribution in [0.2, 0.25) is 0 Å². The predicted octanol–water partition coefficient (Wildman–Crippen LogP) is 7.44. The van der Waals surface area contributed by atoms with E-state index in [0.29, 0.717) is 11.3 Å². The zero-order chi connectivity index (χ0) is 32.5. The van der Waals surface area contributed by atoms with Gasteiger partial charge in [0.1, 0.15) is 11.7 Å². The molecule has 0 saturated heterocycles. The minimum atomic E-state index is -1.34. The molecule has 0 aliphatic carbocycles. The fourth-order valence-electron chi connectivity index (χ4n) is 3.69. The lowest BCUT2D eigenvalue weighted by atomic mass is 9.81. The molecule has 0 fully saturated rings. The Kier molecular flexibility index (Phi) is 22.0. The molecule has 2 aliphatic heterocycles. The molecule has 0 aromatic heterocycles. The van der Waals surface area contributed by atoms with Crippen molar-refractivity contribution in [3.8, 4) is 0 Å². The van der Waals surface area contributed by atoms with E-state index in [-0.39, 0.29) is 0 Å². The average Bonchev–Trinajstić information content (AvgIpc) is 3.69. The zero-order valence-electron chi connectivity index (χ0n) is 27.3. The van der Waals surface area contributed by atoms with Gasteiger partial charge >= 0.3 is 7.12 Å². The van der Waals surface area contributed by atoms with Gasteiger partial charge in [0.15, 0.2) is 0 Å². The van der Waals surface area contributed by atoms with Crippen LogP contribution in [0.25, 0.3) is 0 Å². The smallest absolute Gasteiger partial charge is 0.423 e. The van der Waals surface area contributed by atoms with Gasteiger partial charge in [-0.1, -0.05) is 152 Å². The maximum absolute atomic E-state index is 8.58. The van der Waals surface area contributed by atoms with E-state index in [1.165, 1.54) is 16.7 Å². The minimum absolute atomic E-state index is 0.525. The van der Waals surface area contributed by atoms with Crippen LogP contribution < -0.4 is 16.5 Å². The standard InChI is InChI=1S/C14H12N2.C8H8N2.C6H7BO2.4C2H6/c1-2-7-12(8-3-1)16-14-13-9-5-4-6-11(13)10-15-14;9-8-7-4-2-1-3-6(7)5-10-8;8-7(9)6-4-2-1-3-5-6;4*1-2/h1-9H,10H2,(H,15,16);1-4H,5H2,(H2,9,10);1-5,8-9H;4*1-2H3. The second-order valence-corrected chi connectivity index (χ2v) is 7.96. The molecule has 7 heteroatoms. The number of para-hydroxylation sites is 1. The summed E-state index contributed by atoms with van der Waals surface area (Å²) in [4.78, 5) is 8.60. The Labute approximate surface area is 260 Å². The molecular weight excluding hydrogens is 531 g/mol. The second-order valence-electron chi connectivity index (χ2n) is 7.96. The molecule has 4 aromatic rings. The maximum Gasteiger partial charge on any atom is 0.488 e. The first kappa shape index (κ1) is 38.8. The summed E-state index contributed by atoms with van der Waals surface area (Å²) >= 11 is 0. The van der Waals surface area contributed by atoms with Crippen molar-refractivity contribution in [2.24, 2.45) is 15.7 Å². The molecule has 0 bridgehead atoms. The van der Waals surface area contributed by atoms with Crippen LogP contribution in [0.3, 0.4) is 0 Å². The molecule has 0 atom stereocenters. The highest BCUT2D eigenvalue weighted by atomic mass is 16.4. The average molecular weight is 583 g/mol. The van der Waals surface area contributed by atoms with Gasteiger partial charge < -0.3 is 21.1 Å². The summed E-state index contributed by atoms with van der Waals surface area (Å²) in [6.45, 7) is 17.5. The summed E-state index contributed by atoms with van der Waals surface area (Å²) in [5.74, 6) is 1.65. The van der Waals surface area contributed by atoms with Crippen LogP contribution in [-0.4, -0.2) is 28.8 Å². The van der Waals surface area contributed by atoms with Crippen molar-refractivity contribution in [1.82, 2.24) is 0 Å². The molecule has 6 nitrogen and oxygen atoms in total. The fraction of sp³-hybridized carbons (Fsp3) is 0.278. The van der Waals surface area contributed by atoms with Crippen LogP contribution in [0.5, 0.6) is 0 Å². The molecule has 6 rings (SSSR count). The first-order valence-corrected chi connectivity index (χ1v) is 15.4. The van der Waals surface area contributed by atoms with Gasteiger partial charge in [0.2, 0.25) is 0 Å². The summed E-state index contributed by atoms with van der Waals surface area (Å²) in [5.41, 5.74) is 12.0. The van der Waals surface area contributed by atoms with Crippen molar-refractivity contribution < 1.29 is 10.0 Å². The number of aliphatic imine (C=N–C) groups is 2. The lowest BCUT2D eigenvalue weighted by molar-refractivity contribution is 0.426. The normalized spacial score (nSPS) is 10.7. The molecule has 0 amide bonds. The van der Waals surface area contributed by atoms with E-state index in [2.05, 4.69) is 39.6 Å². The van der Waals surface area contributed by atoms with Gasteiger partial charge in [0, 0.05) is 16.8 Å². The SMILES string of the molecule is CC.CC.CC.CC.NC1=NCc2ccccc21.OB(O)c1ccccc1.c1ccc(NC2=NCc3ccccc32)cc1. The van der Waals surface area contributed by atoms with E-state index < -0.39 is 7.12 Å². The summed E-state index contributed by atoms with van der Waals surface area (Å²) in [6.07, 6.45) is 0. The summed E-state index contributed by atoms with van der Waals surface area (Å²) < 4.78 is 0. The maximum atomic E-state index is 8.58. The molecule has 43 heavy (non-hydrogen) atoms. The van der Waals surface area contributed by atoms with Gasteiger partial charge in [-0.3, -0.25) is 9.98 Å². The number of rotatable bonds is 2. The number of amidine groups is 2. The Bertz CT molecular complexity index is 1310. The fourth-order valence-corrected chi connectivity index (χ4v) is 3.69. The molecule has 0 saturated carbocycles. The van der Waals surface area contributed by atoms with E-state index in [1.807, 2.05) is 116 Å². The highest BCUT2D eigenvalue weighted by molar-refractivity contribution is 6.58. The Hall–Kier alpha value is -4.20. The van der Waals surface area contributed by atoms with E-state index in [1.54, 1.807) is 24.3 Å². The largest absolute Gasteiger partial charge is 0.488 e. The van der Waals surface area contributed by atoms with E-state index in [4.69, 9.17) is 15.8 Å². The number of nitrogens with zero attached hydrogens (tertiary/aromatic N) is 2. The molecule has 230 valence electrons. The van der Waals surface area contributed by atoms with Crippen molar-refractivity contribution >= 4 is 29.9 Å². The molecule has 2 aliphatic rings. The van der Waals surface area contributed by atoms with Crippen LogP contribution in [0, 0.1) is 0 Å². The minimum Gasteiger partial charge on any atom is -0.423 e. The van der Waals surface area contributed by atoms with Gasteiger partial charge in [-0.25, -0.2) is 0 Å². The highest BCUT2D eigenvalue weighted by Gasteiger charge is 2.14. The first-order chi connectivity index (χ1) is 21.1. The van der Waals surface area contributed by atoms with Crippen LogP contribution in [0.15, 0.2) is 119 Å². The molecule has 2 heterocycles. The van der Waals surface area contributed by atoms with Gasteiger partial charge in [0.05, 0.1) is 13.1 Å². The molecular formula is C36H51BN4O2. The quantitative estimate of drug-likeness (QED) is 0.185. The van der Waals surface area contributed by atoms with Gasteiger partial charge in [-0.05, 0) is 28.7 Å². The monoisotopic (exact) mass is 582 g/mol. The summed E-state index contributed by atoms with van der Waals surface area (Å²) in [7, 11) is -1.34. The number of nitrogens with two attached hydrogens (primary N) is 1. The second kappa shape index (κ2) is 24.4. The van der Waals surface area contributed by atoms with Crippen LogP contribution in [0.1, 0.15) is 77.6 Å². The van der Waals surface area contributed by atoms with Crippen molar-refractivity contribution in [2.45, 2.75) is 68.5 Å². The number of hydrogen-bond donors (Lipinski definition) is 4. The van der Waals surface area contributed by atoms with Crippen LogP contribution in [-0.2, 0) is 13.1 Å². The number of benzene rings is 4. The number of hydrogen-bond acceptors (Lipinski definition) is 6. The van der Waals surface area contributed by atoms with Crippen molar-refractivity contribution in [2.75, 3.05) is 5.32 Å². The van der Waals surface area contributed by atoms with Gasteiger partial charge in [-0.2, -0.15) is 0 Å². The van der Waals surface area contributed by atoms with Crippen molar-refractivity contribution in [3.05, 3.63) is 131 Å². The lowest BCUT2D eigenvalue weighted by Gasteiger charge is -2.06.